The van der Waals surface area contributed by atoms with Crippen LogP contribution in [0.5, 0.6) is 5.75 Å². The number of anilines is 1. The molecule has 0 fully saturated rings. The molecule has 0 bridgehead atoms. The molecule has 0 spiro atoms. The largest absolute Gasteiger partial charge is 0.491 e. The van der Waals surface area contributed by atoms with Crippen molar-refractivity contribution in [1.82, 2.24) is 9.55 Å². The molecular weight excluding hydrogens is 398 g/mol. The number of unbranched alkanes of at least 4 members (excludes halogenated alkanes) is 2. The van der Waals surface area contributed by atoms with Gasteiger partial charge in [-0.3, -0.25) is 14.2 Å². The number of aromatic nitrogens is 2. The van der Waals surface area contributed by atoms with E-state index in [2.05, 4.69) is 10.3 Å². The summed E-state index contributed by atoms with van der Waals surface area (Å²) < 4.78 is 7.62. The normalized spacial score (nSPS) is 11.0. The Kier molecular flexibility index (Phi) is 7.41. The molecule has 0 saturated carbocycles. The van der Waals surface area contributed by atoms with Gasteiger partial charge in [0.05, 0.1) is 17.0 Å². The number of nitrogens with zero attached hydrogens (tertiary/aromatic N) is 1. The Morgan fingerprint density at radius 3 is 2.57 bits per heavy atom. The van der Waals surface area contributed by atoms with Crippen LogP contribution in [0.3, 0.4) is 0 Å². The van der Waals surface area contributed by atoms with Crippen LogP contribution in [0.25, 0.3) is 10.9 Å². The minimum atomic E-state index is -0.0722. The summed E-state index contributed by atoms with van der Waals surface area (Å²) in [5.41, 5.74) is 1.44. The van der Waals surface area contributed by atoms with Gasteiger partial charge >= 0.3 is 0 Å². The highest BCUT2D eigenvalue weighted by atomic mass is 32.1. The highest BCUT2D eigenvalue weighted by Gasteiger charge is 2.06. The molecule has 2 N–H and O–H groups in total. The molecule has 1 amide bonds. The van der Waals surface area contributed by atoms with Crippen molar-refractivity contribution in [2.24, 2.45) is 0 Å². The average molecular weight is 426 g/mol. The van der Waals surface area contributed by atoms with Gasteiger partial charge in [0.15, 0.2) is 4.77 Å². The molecule has 7 heteroatoms. The molecule has 0 radical (unpaired) electrons. The van der Waals surface area contributed by atoms with E-state index < -0.39 is 0 Å². The SMILES string of the molecule is CC(C)Oc1ccc(NC(=O)CCCCCn2c(=S)[nH]c3ccccc3c2=O)cc1. The first-order valence-electron chi connectivity index (χ1n) is 10.2. The van der Waals surface area contributed by atoms with Gasteiger partial charge in [0.25, 0.3) is 5.56 Å². The molecular formula is C23H27N3O3S. The molecule has 158 valence electrons. The summed E-state index contributed by atoms with van der Waals surface area (Å²) in [6, 6.07) is 14.7. The standard InChI is InChI=1S/C23H27N3O3S/c1-16(2)29-18-13-11-17(12-14-18)24-21(27)10-4-3-7-15-26-22(28)19-8-5-6-9-20(19)25-23(26)30/h5-6,8-9,11-14,16H,3-4,7,10,15H2,1-2H3,(H,24,27)(H,25,30). The van der Waals surface area contributed by atoms with Crippen molar-refractivity contribution in [2.75, 3.05) is 5.32 Å². The summed E-state index contributed by atoms with van der Waals surface area (Å²) in [7, 11) is 0. The molecule has 1 heterocycles. The summed E-state index contributed by atoms with van der Waals surface area (Å²) in [6.07, 6.45) is 2.92. The van der Waals surface area contributed by atoms with Crippen LogP contribution in [0.4, 0.5) is 5.69 Å². The van der Waals surface area contributed by atoms with E-state index >= 15 is 0 Å². The molecule has 0 aliphatic heterocycles. The van der Waals surface area contributed by atoms with Crippen LogP contribution in [-0.4, -0.2) is 21.6 Å². The molecule has 1 aromatic heterocycles. The smallest absolute Gasteiger partial charge is 0.262 e. The van der Waals surface area contributed by atoms with Crippen molar-refractivity contribution < 1.29 is 9.53 Å². The molecule has 0 aliphatic rings. The third-order valence-electron chi connectivity index (χ3n) is 4.68. The molecule has 6 nitrogen and oxygen atoms in total. The number of H-pyrrole nitrogens is 1. The second kappa shape index (κ2) is 10.2. The Balaban J connectivity index is 1.44. The molecule has 0 saturated heterocycles. The Bertz CT molecular complexity index is 1120. The van der Waals surface area contributed by atoms with Crippen molar-refractivity contribution in [2.45, 2.75) is 52.2 Å². The van der Waals surface area contributed by atoms with Crippen LogP contribution in [0.2, 0.25) is 0 Å². The zero-order valence-corrected chi connectivity index (χ0v) is 18.1. The van der Waals surface area contributed by atoms with Crippen LogP contribution in [0.1, 0.15) is 39.5 Å². The van der Waals surface area contributed by atoms with Gasteiger partial charge in [0.1, 0.15) is 5.75 Å². The molecule has 3 rings (SSSR count). The van der Waals surface area contributed by atoms with E-state index in [1.165, 1.54) is 0 Å². The van der Waals surface area contributed by atoms with E-state index in [1.54, 1.807) is 10.6 Å². The lowest BCUT2D eigenvalue weighted by Crippen LogP contribution is -2.22. The highest BCUT2D eigenvalue weighted by Crippen LogP contribution is 2.17. The molecule has 0 aliphatic carbocycles. The number of carbonyl (C=O) groups excluding carboxylic acids is 1. The van der Waals surface area contributed by atoms with E-state index in [0.717, 1.165) is 36.2 Å². The summed E-state index contributed by atoms with van der Waals surface area (Å²) in [6.45, 7) is 4.48. The zero-order valence-electron chi connectivity index (χ0n) is 17.3. The molecule has 0 unspecified atom stereocenters. The first kappa shape index (κ1) is 21.8. The first-order chi connectivity index (χ1) is 14.4. The van der Waals surface area contributed by atoms with Gasteiger partial charge in [0.2, 0.25) is 5.91 Å². The Labute approximate surface area is 180 Å². The third kappa shape index (κ3) is 5.79. The summed E-state index contributed by atoms with van der Waals surface area (Å²) in [4.78, 5) is 27.9. The van der Waals surface area contributed by atoms with E-state index in [0.29, 0.717) is 23.1 Å². The fourth-order valence-corrected chi connectivity index (χ4v) is 3.53. The average Bonchev–Trinajstić information content (AvgIpc) is 2.71. The van der Waals surface area contributed by atoms with Gasteiger partial charge in [-0.25, -0.2) is 0 Å². The van der Waals surface area contributed by atoms with Crippen molar-refractivity contribution in [1.29, 1.82) is 0 Å². The van der Waals surface area contributed by atoms with Gasteiger partial charge in [-0.15, -0.1) is 0 Å². The predicted octanol–water partition coefficient (Wildman–Crippen LogP) is 5.05. The Morgan fingerprint density at radius 1 is 1.10 bits per heavy atom. The molecule has 0 atom stereocenters. The molecule has 2 aromatic carbocycles. The number of para-hydroxylation sites is 1. The lowest BCUT2D eigenvalue weighted by molar-refractivity contribution is -0.116. The number of amides is 1. The molecule has 3 aromatic rings. The zero-order chi connectivity index (χ0) is 21.5. The number of rotatable bonds is 9. The van der Waals surface area contributed by atoms with E-state index in [9.17, 15) is 9.59 Å². The number of carbonyl (C=O) groups is 1. The number of fused-ring (bicyclic) bond motifs is 1. The number of benzene rings is 2. The van der Waals surface area contributed by atoms with Crippen LogP contribution >= 0.6 is 12.2 Å². The topological polar surface area (TPSA) is 76.1 Å². The predicted molar refractivity (Wildman–Crippen MR) is 123 cm³/mol. The Hall–Kier alpha value is -2.93. The van der Waals surface area contributed by atoms with Gasteiger partial charge in [-0.05, 0) is 75.3 Å². The van der Waals surface area contributed by atoms with Gasteiger partial charge in [0, 0.05) is 18.7 Å². The first-order valence-corrected chi connectivity index (χ1v) is 10.6. The maximum Gasteiger partial charge on any atom is 0.262 e. The van der Waals surface area contributed by atoms with Crippen molar-refractivity contribution >= 4 is 34.7 Å². The number of ether oxygens (including phenoxy) is 1. The summed E-state index contributed by atoms with van der Waals surface area (Å²) >= 11 is 5.33. The van der Waals surface area contributed by atoms with Crippen LogP contribution in [-0.2, 0) is 11.3 Å². The van der Waals surface area contributed by atoms with E-state index in [4.69, 9.17) is 17.0 Å². The Morgan fingerprint density at radius 2 is 1.83 bits per heavy atom. The third-order valence-corrected chi connectivity index (χ3v) is 5.01. The van der Waals surface area contributed by atoms with Crippen LogP contribution in [0, 0.1) is 4.77 Å². The fourth-order valence-electron chi connectivity index (χ4n) is 3.25. The summed E-state index contributed by atoms with van der Waals surface area (Å²) in [5.74, 6) is 0.762. The highest BCUT2D eigenvalue weighted by molar-refractivity contribution is 7.71. The van der Waals surface area contributed by atoms with Crippen molar-refractivity contribution in [3.8, 4) is 5.75 Å². The maximum absolute atomic E-state index is 12.6. The minimum Gasteiger partial charge on any atom is -0.491 e. The van der Waals surface area contributed by atoms with Crippen LogP contribution < -0.4 is 15.6 Å². The number of nitrogens with one attached hydrogen (secondary N) is 2. The molecule has 30 heavy (non-hydrogen) atoms. The number of hydrogen-bond donors (Lipinski definition) is 2. The monoisotopic (exact) mass is 425 g/mol. The van der Waals surface area contributed by atoms with Crippen LogP contribution in [0.15, 0.2) is 53.3 Å². The lowest BCUT2D eigenvalue weighted by atomic mass is 10.2. The van der Waals surface area contributed by atoms with Gasteiger partial charge in [-0.1, -0.05) is 18.6 Å². The lowest BCUT2D eigenvalue weighted by Gasteiger charge is -2.11. The number of aromatic amines is 1. The fraction of sp³-hybridized carbons (Fsp3) is 0.348. The summed E-state index contributed by atoms with van der Waals surface area (Å²) in [5, 5.41) is 3.53. The number of hydrogen-bond acceptors (Lipinski definition) is 4. The quantitative estimate of drug-likeness (QED) is 0.372. The maximum atomic E-state index is 12.6. The minimum absolute atomic E-state index is 0.0207. The van der Waals surface area contributed by atoms with Gasteiger partial charge < -0.3 is 15.0 Å². The van der Waals surface area contributed by atoms with Crippen molar-refractivity contribution in [3.63, 3.8) is 0 Å². The van der Waals surface area contributed by atoms with E-state index in [-0.39, 0.29) is 17.6 Å². The van der Waals surface area contributed by atoms with Crippen molar-refractivity contribution in [3.05, 3.63) is 63.7 Å². The van der Waals surface area contributed by atoms with Gasteiger partial charge in [-0.2, -0.15) is 0 Å². The van der Waals surface area contributed by atoms with E-state index in [1.807, 2.05) is 56.3 Å². The second-order valence-electron chi connectivity index (χ2n) is 7.48. The second-order valence-corrected chi connectivity index (χ2v) is 7.87.